The van der Waals surface area contributed by atoms with E-state index in [9.17, 15) is 13.2 Å². The molecule has 0 saturated heterocycles. The Kier molecular flexibility index (Phi) is 3.84. The van der Waals surface area contributed by atoms with Crippen molar-refractivity contribution in [1.82, 2.24) is 4.98 Å². The first-order valence-corrected chi connectivity index (χ1v) is 4.96. The van der Waals surface area contributed by atoms with E-state index in [1.165, 1.54) is 0 Å². The molecule has 0 fully saturated rings. The number of halogens is 3. The third kappa shape index (κ3) is 3.03. The van der Waals surface area contributed by atoms with Crippen molar-refractivity contribution in [2.75, 3.05) is 0 Å². The predicted octanol–water partition coefficient (Wildman–Crippen LogP) is 3.14. The minimum atomic E-state index is -4.56. The Bertz CT molecular complexity index is 472. The van der Waals surface area contributed by atoms with Gasteiger partial charge < -0.3 is 5.41 Å². The minimum Gasteiger partial charge on any atom is -0.303 e. The molecule has 0 aliphatic heterocycles. The van der Waals surface area contributed by atoms with Crippen LogP contribution in [0.5, 0.6) is 0 Å². The van der Waals surface area contributed by atoms with Crippen LogP contribution in [0.15, 0.2) is 12.1 Å². The van der Waals surface area contributed by atoms with E-state index >= 15 is 0 Å². The Hall–Kier alpha value is -1.90. The van der Waals surface area contributed by atoms with E-state index in [1.54, 1.807) is 13.0 Å². The Morgan fingerprint density at radius 2 is 2.12 bits per heavy atom. The molecule has 0 aliphatic carbocycles. The van der Waals surface area contributed by atoms with Gasteiger partial charge in [0, 0.05) is 0 Å². The van der Waals surface area contributed by atoms with Crippen molar-refractivity contribution >= 4 is 5.71 Å². The predicted molar refractivity (Wildman–Crippen MR) is 55.7 cm³/mol. The topological polar surface area (TPSA) is 60.5 Å². The molecule has 0 saturated carbocycles. The molecule has 0 aromatic carbocycles. The van der Waals surface area contributed by atoms with Gasteiger partial charge in [0.1, 0.15) is 17.5 Å². The molecule has 1 aromatic rings. The summed E-state index contributed by atoms with van der Waals surface area (Å²) in [5.74, 6) is 0. The Morgan fingerprint density at radius 3 is 2.59 bits per heavy atom. The number of aromatic nitrogens is 1. The van der Waals surface area contributed by atoms with Crippen LogP contribution < -0.4 is 0 Å². The summed E-state index contributed by atoms with van der Waals surface area (Å²) in [6, 6.07) is 3.55. The maximum absolute atomic E-state index is 12.4. The summed E-state index contributed by atoms with van der Waals surface area (Å²) in [5, 5.41) is 16.4. The fourth-order valence-corrected chi connectivity index (χ4v) is 1.31. The molecule has 90 valence electrons. The first-order valence-electron chi connectivity index (χ1n) is 4.96. The largest absolute Gasteiger partial charge is 0.433 e. The van der Waals surface area contributed by atoms with Crippen molar-refractivity contribution in [3.8, 4) is 6.07 Å². The highest BCUT2D eigenvalue weighted by Crippen LogP contribution is 2.28. The Labute approximate surface area is 96.4 Å². The Morgan fingerprint density at radius 1 is 1.47 bits per heavy atom. The summed E-state index contributed by atoms with van der Waals surface area (Å²) in [6.45, 7) is 1.80. The summed E-state index contributed by atoms with van der Waals surface area (Å²) in [5.41, 5.74) is -1.30. The number of rotatable bonds is 3. The number of hydrogen-bond acceptors (Lipinski definition) is 3. The summed E-state index contributed by atoms with van der Waals surface area (Å²) in [7, 11) is 0. The van der Waals surface area contributed by atoms with Crippen LogP contribution in [-0.4, -0.2) is 10.7 Å². The van der Waals surface area contributed by atoms with Crippen LogP contribution >= 0.6 is 0 Å². The minimum absolute atomic E-state index is 0.00329. The molecule has 1 aromatic heterocycles. The second-order valence-corrected chi connectivity index (χ2v) is 3.43. The number of nitrogens with zero attached hydrogens (tertiary/aromatic N) is 2. The molecule has 0 radical (unpaired) electrons. The summed E-state index contributed by atoms with van der Waals surface area (Å²) in [6.07, 6.45) is -3.65. The summed E-state index contributed by atoms with van der Waals surface area (Å²) in [4.78, 5) is 3.36. The van der Waals surface area contributed by atoms with Crippen LogP contribution in [0.1, 0.15) is 36.7 Å². The lowest BCUT2D eigenvalue weighted by atomic mass is 10.1. The molecular weight excluding hydrogens is 231 g/mol. The SMILES string of the molecule is CCCC(=N)c1nc(C(F)(F)F)ccc1C#N. The maximum atomic E-state index is 12.4. The molecule has 0 atom stereocenters. The molecule has 6 heteroatoms. The third-order valence-corrected chi connectivity index (χ3v) is 2.09. The van der Waals surface area contributed by atoms with Gasteiger partial charge in [-0.1, -0.05) is 13.3 Å². The number of pyridine rings is 1. The van der Waals surface area contributed by atoms with Crippen molar-refractivity contribution in [1.29, 1.82) is 10.7 Å². The average Bonchev–Trinajstić information content (AvgIpc) is 2.27. The van der Waals surface area contributed by atoms with Crippen LogP contribution in [0.3, 0.4) is 0 Å². The molecule has 1 rings (SSSR count). The first kappa shape index (κ1) is 13.2. The van der Waals surface area contributed by atoms with E-state index in [2.05, 4.69) is 4.98 Å². The van der Waals surface area contributed by atoms with Crippen LogP contribution in [0.2, 0.25) is 0 Å². The first-order chi connectivity index (χ1) is 7.90. The van der Waals surface area contributed by atoms with Crippen molar-refractivity contribution in [2.24, 2.45) is 0 Å². The number of hydrogen-bond donors (Lipinski definition) is 1. The molecule has 1 heterocycles. The smallest absolute Gasteiger partial charge is 0.303 e. The van der Waals surface area contributed by atoms with Crippen molar-refractivity contribution in [3.05, 3.63) is 29.1 Å². The van der Waals surface area contributed by atoms with Gasteiger partial charge in [-0.05, 0) is 18.6 Å². The molecule has 0 amide bonds. The van der Waals surface area contributed by atoms with Gasteiger partial charge in [0.25, 0.3) is 0 Å². The molecule has 0 bridgehead atoms. The van der Waals surface area contributed by atoms with E-state index in [4.69, 9.17) is 10.7 Å². The summed E-state index contributed by atoms with van der Waals surface area (Å²) >= 11 is 0. The van der Waals surface area contributed by atoms with E-state index in [0.717, 1.165) is 12.1 Å². The van der Waals surface area contributed by atoms with Crippen LogP contribution in [0.25, 0.3) is 0 Å². The van der Waals surface area contributed by atoms with Gasteiger partial charge in [0.2, 0.25) is 0 Å². The highest BCUT2D eigenvalue weighted by molar-refractivity contribution is 5.98. The molecule has 1 N–H and O–H groups in total. The fraction of sp³-hybridized carbons (Fsp3) is 0.364. The van der Waals surface area contributed by atoms with Crippen molar-refractivity contribution in [2.45, 2.75) is 25.9 Å². The molecular formula is C11H10F3N3. The van der Waals surface area contributed by atoms with Crippen molar-refractivity contribution in [3.63, 3.8) is 0 Å². The van der Waals surface area contributed by atoms with E-state index in [0.29, 0.717) is 12.8 Å². The molecule has 0 aliphatic rings. The van der Waals surface area contributed by atoms with Gasteiger partial charge in [-0.2, -0.15) is 18.4 Å². The van der Waals surface area contributed by atoms with Crippen molar-refractivity contribution < 1.29 is 13.2 Å². The zero-order valence-corrected chi connectivity index (χ0v) is 9.10. The molecule has 17 heavy (non-hydrogen) atoms. The number of nitrogens with one attached hydrogen (secondary N) is 1. The second-order valence-electron chi connectivity index (χ2n) is 3.43. The van der Waals surface area contributed by atoms with Gasteiger partial charge in [0.15, 0.2) is 0 Å². The van der Waals surface area contributed by atoms with E-state index in [-0.39, 0.29) is 17.0 Å². The van der Waals surface area contributed by atoms with Crippen LogP contribution in [0, 0.1) is 16.7 Å². The van der Waals surface area contributed by atoms with Gasteiger partial charge in [-0.15, -0.1) is 0 Å². The monoisotopic (exact) mass is 241 g/mol. The average molecular weight is 241 g/mol. The lowest BCUT2D eigenvalue weighted by Gasteiger charge is -2.09. The van der Waals surface area contributed by atoms with E-state index in [1.807, 2.05) is 0 Å². The lowest BCUT2D eigenvalue weighted by molar-refractivity contribution is -0.141. The molecule has 3 nitrogen and oxygen atoms in total. The highest BCUT2D eigenvalue weighted by Gasteiger charge is 2.33. The van der Waals surface area contributed by atoms with Gasteiger partial charge in [-0.25, -0.2) is 4.98 Å². The van der Waals surface area contributed by atoms with Crippen LogP contribution in [0.4, 0.5) is 13.2 Å². The normalized spacial score (nSPS) is 11.0. The molecule has 0 spiro atoms. The second kappa shape index (κ2) is 4.95. The lowest BCUT2D eigenvalue weighted by Crippen LogP contribution is -2.13. The highest BCUT2D eigenvalue weighted by atomic mass is 19.4. The fourth-order valence-electron chi connectivity index (χ4n) is 1.31. The number of alkyl halides is 3. The number of nitriles is 1. The third-order valence-electron chi connectivity index (χ3n) is 2.09. The maximum Gasteiger partial charge on any atom is 0.433 e. The van der Waals surface area contributed by atoms with E-state index < -0.39 is 11.9 Å². The zero-order valence-electron chi connectivity index (χ0n) is 9.10. The Balaban J connectivity index is 3.26. The standard InChI is InChI=1S/C11H10F3N3/c1-2-3-8(16)10-7(6-15)4-5-9(17-10)11(12,13)14/h4-5,16H,2-3H2,1H3. The van der Waals surface area contributed by atoms with Crippen LogP contribution in [-0.2, 0) is 6.18 Å². The van der Waals surface area contributed by atoms with Gasteiger partial charge in [0.05, 0.1) is 11.3 Å². The summed E-state index contributed by atoms with van der Waals surface area (Å²) < 4.78 is 37.3. The van der Waals surface area contributed by atoms with Gasteiger partial charge >= 0.3 is 6.18 Å². The molecule has 0 unspecified atom stereocenters. The quantitative estimate of drug-likeness (QED) is 0.826. The van der Waals surface area contributed by atoms with Gasteiger partial charge in [-0.3, -0.25) is 0 Å². The zero-order chi connectivity index (χ0) is 13.1.